The molecule has 1 rings (SSSR count). The molecule has 16 heavy (non-hydrogen) atoms. The fourth-order valence-corrected chi connectivity index (χ4v) is 1.61. The second-order valence-corrected chi connectivity index (χ2v) is 3.79. The van der Waals surface area contributed by atoms with Gasteiger partial charge in [-0.05, 0) is 18.4 Å². The van der Waals surface area contributed by atoms with Crippen LogP contribution in [0.4, 0.5) is 0 Å². The minimum Gasteiger partial charge on any atom is -0.480 e. The zero-order valence-corrected chi connectivity index (χ0v) is 9.17. The van der Waals surface area contributed by atoms with Crippen molar-refractivity contribution in [2.24, 2.45) is 11.7 Å². The molecule has 0 radical (unpaired) electrons. The van der Waals surface area contributed by atoms with Crippen LogP contribution in [-0.4, -0.2) is 17.1 Å². The topological polar surface area (TPSA) is 63.3 Å². The van der Waals surface area contributed by atoms with Gasteiger partial charge >= 0.3 is 5.97 Å². The summed E-state index contributed by atoms with van der Waals surface area (Å²) in [4.78, 5) is 10.7. The molecule has 1 aromatic carbocycles. The van der Waals surface area contributed by atoms with Crippen molar-refractivity contribution in [3.05, 3.63) is 48.6 Å². The summed E-state index contributed by atoms with van der Waals surface area (Å²) in [7, 11) is 0. The second kappa shape index (κ2) is 6.08. The van der Waals surface area contributed by atoms with Gasteiger partial charge in [0, 0.05) is 5.92 Å². The van der Waals surface area contributed by atoms with E-state index in [9.17, 15) is 4.79 Å². The second-order valence-electron chi connectivity index (χ2n) is 3.79. The van der Waals surface area contributed by atoms with Gasteiger partial charge in [-0.2, -0.15) is 0 Å². The van der Waals surface area contributed by atoms with E-state index < -0.39 is 12.0 Å². The quantitative estimate of drug-likeness (QED) is 0.717. The highest BCUT2D eigenvalue weighted by Crippen LogP contribution is 2.13. The SMILES string of the molecule is C=C[C@@H](CCc1ccccc1)[C@H](N)C(=O)O. The van der Waals surface area contributed by atoms with Gasteiger partial charge in [-0.25, -0.2) is 0 Å². The van der Waals surface area contributed by atoms with E-state index in [0.717, 1.165) is 6.42 Å². The summed E-state index contributed by atoms with van der Waals surface area (Å²) in [6.45, 7) is 3.63. The number of benzene rings is 1. The van der Waals surface area contributed by atoms with Crippen molar-refractivity contribution in [3.63, 3.8) is 0 Å². The maximum atomic E-state index is 10.7. The molecule has 0 amide bonds. The number of carboxylic acid groups (broad SMARTS) is 1. The lowest BCUT2D eigenvalue weighted by Crippen LogP contribution is -2.37. The normalized spacial score (nSPS) is 14.1. The predicted octanol–water partition coefficient (Wildman–Crippen LogP) is 1.83. The van der Waals surface area contributed by atoms with Crippen molar-refractivity contribution < 1.29 is 9.90 Å². The zero-order valence-electron chi connectivity index (χ0n) is 9.17. The first-order valence-corrected chi connectivity index (χ1v) is 5.30. The maximum Gasteiger partial charge on any atom is 0.321 e. The zero-order chi connectivity index (χ0) is 12.0. The predicted molar refractivity (Wildman–Crippen MR) is 64.1 cm³/mol. The summed E-state index contributed by atoms with van der Waals surface area (Å²) >= 11 is 0. The molecule has 0 saturated heterocycles. The smallest absolute Gasteiger partial charge is 0.321 e. The molecule has 0 aliphatic heterocycles. The van der Waals surface area contributed by atoms with Crippen molar-refractivity contribution >= 4 is 5.97 Å². The van der Waals surface area contributed by atoms with E-state index in [2.05, 4.69) is 6.58 Å². The van der Waals surface area contributed by atoms with Gasteiger partial charge in [-0.1, -0.05) is 36.4 Å². The monoisotopic (exact) mass is 219 g/mol. The third kappa shape index (κ3) is 3.51. The average molecular weight is 219 g/mol. The molecule has 0 heterocycles. The van der Waals surface area contributed by atoms with Crippen LogP contribution in [0.25, 0.3) is 0 Å². The number of aryl methyl sites for hydroxylation is 1. The molecule has 3 heteroatoms. The van der Waals surface area contributed by atoms with E-state index >= 15 is 0 Å². The van der Waals surface area contributed by atoms with E-state index in [4.69, 9.17) is 10.8 Å². The Hall–Kier alpha value is -1.61. The Morgan fingerprint density at radius 2 is 2.06 bits per heavy atom. The Morgan fingerprint density at radius 3 is 2.56 bits per heavy atom. The Labute approximate surface area is 95.6 Å². The fraction of sp³-hybridized carbons (Fsp3) is 0.308. The van der Waals surface area contributed by atoms with Crippen LogP contribution in [0.1, 0.15) is 12.0 Å². The van der Waals surface area contributed by atoms with Crippen LogP contribution < -0.4 is 5.73 Å². The van der Waals surface area contributed by atoms with Crippen molar-refractivity contribution in [2.75, 3.05) is 0 Å². The number of nitrogens with two attached hydrogens (primary N) is 1. The lowest BCUT2D eigenvalue weighted by atomic mass is 9.93. The van der Waals surface area contributed by atoms with E-state index in [1.54, 1.807) is 6.08 Å². The summed E-state index contributed by atoms with van der Waals surface area (Å²) in [5.41, 5.74) is 6.75. The van der Waals surface area contributed by atoms with E-state index in [0.29, 0.717) is 6.42 Å². The molecule has 3 N–H and O–H groups in total. The van der Waals surface area contributed by atoms with Crippen LogP contribution in [0.15, 0.2) is 43.0 Å². The standard InChI is InChI=1S/C13H17NO2/c1-2-11(12(14)13(15)16)9-8-10-6-4-3-5-7-10/h2-7,11-12H,1,8-9,14H2,(H,15,16)/t11-,12-/m0/s1. The van der Waals surface area contributed by atoms with Crippen LogP contribution >= 0.6 is 0 Å². The Kier molecular flexibility index (Phi) is 4.73. The minimum atomic E-state index is -0.974. The molecular formula is C13H17NO2. The summed E-state index contributed by atoms with van der Waals surface area (Å²) in [6, 6.07) is 9.07. The van der Waals surface area contributed by atoms with E-state index in [-0.39, 0.29) is 5.92 Å². The third-order valence-corrected chi connectivity index (χ3v) is 2.66. The number of hydrogen-bond donors (Lipinski definition) is 2. The first-order valence-electron chi connectivity index (χ1n) is 5.30. The van der Waals surface area contributed by atoms with Crippen LogP contribution in [0, 0.1) is 5.92 Å². The number of rotatable bonds is 6. The Bertz CT molecular complexity index is 348. The summed E-state index contributed by atoms with van der Waals surface area (Å²) in [6.07, 6.45) is 3.15. The number of carboxylic acids is 1. The molecule has 3 nitrogen and oxygen atoms in total. The Morgan fingerprint density at radius 1 is 1.44 bits per heavy atom. The molecular weight excluding hydrogens is 202 g/mol. The minimum absolute atomic E-state index is 0.183. The molecule has 0 fully saturated rings. The van der Waals surface area contributed by atoms with Gasteiger partial charge in [0.15, 0.2) is 0 Å². The maximum absolute atomic E-state index is 10.7. The van der Waals surface area contributed by atoms with E-state index in [1.165, 1.54) is 5.56 Å². The molecule has 0 aliphatic rings. The number of aliphatic carboxylic acids is 1. The lowest BCUT2D eigenvalue weighted by molar-refractivity contribution is -0.139. The lowest BCUT2D eigenvalue weighted by Gasteiger charge is -2.16. The Balaban J connectivity index is 2.52. The van der Waals surface area contributed by atoms with Gasteiger partial charge in [-0.15, -0.1) is 6.58 Å². The summed E-state index contributed by atoms with van der Waals surface area (Å²) in [5, 5.41) is 8.81. The van der Waals surface area contributed by atoms with Crippen LogP contribution in [0.3, 0.4) is 0 Å². The van der Waals surface area contributed by atoms with E-state index in [1.807, 2.05) is 30.3 Å². The van der Waals surface area contributed by atoms with Crippen LogP contribution in [0.2, 0.25) is 0 Å². The summed E-state index contributed by atoms with van der Waals surface area (Å²) in [5.74, 6) is -1.16. The highest BCUT2D eigenvalue weighted by molar-refractivity contribution is 5.73. The average Bonchev–Trinajstić information content (AvgIpc) is 2.30. The van der Waals surface area contributed by atoms with Crippen molar-refractivity contribution in [2.45, 2.75) is 18.9 Å². The number of carbonyl (C=O) groups is 1. The molecule has 0 aromatic heterocycles. The van der Waals surface area contributed by atoms with Crippen LogP contribution in [-0.2, 0) is 11.2 Å². The summed E-state index contributed by atoms with van der Waals surface area (Å²) < 4.78 is 0. The van der Waals surface area contributed by atoms with Gasteiger partial charge in [0.2, 0.25) is 0 Å². The molecule has 0 unspecified atom stereocenters. The molecule has 2 atom stereocenters. The van der Waals surface area contributed by atoms with Gasteiger partial charge in [-0.3, -0.25) is 4.79 Å². The van der Waals surface area contributed by atoms with Gasteiger partial charge in [0.25, 0.3) is 0 Å². The molecule has 1 aromatic rings. The van der Waals surface area contributed by atoms with Crippen molar-refractivity contribution in [1.82, 2.24) is 0 Å². The fourth-order valence-electron chi connectivity index (χ4n) is 1.61. The van der Waals surface area contributed by atoms with Crippen molar-refractivity contribution in [1.29, 1.82) is 0 Å². The molecule has 0 spiro atoms. The largest absolute Gasteiger partial charge is 0.480 e. The molecule has 0 bridgehead atoms. The molecule has 0 aliphatic carbocycles. The van der Waals surface area contributed by atoms with Gasteiger partial charge in [0.05, 0.1) is 0 Å². The number of hydrogen-bond acceptors (Lipinski definition) is 2. The van der Waals surface area contributed by atoms with Gasteiger partial charge < -0.3 is 10.8 Å². The highest BCUT2D eigenvalue weighted by atomic mass is 16.4. The van der Waals surface area contributed by atoms with Gasteiger partial charge in [0.1, 0.15) is 6.04 Å². The third-order valence-electron chi connectivity index (χ3n) is 2.66. The molecule has 86 valence electrons. The van der Waals surface area contributed by atoms with Crippen molar-refractivity contribution in [3.8, 4) is 0 Å². The highest BCUT2D eigenvalue weighted by Gasteiger charge is 2.20. The first-order chi connectivity index (χ1) is 7.65. The molecule has 0 saturated carbocycles. The van der Waals surface area contributed by atoms with Crippen LogP contribution in [0.5, 0.6) is 0 Å². The first kappa shape index (κ1) is 12.5.